The summed E-state index contributed by atoms with van der Waals surface area (Å²) in [6.07, 6.45) is 0.279. The second-order valence-electron chi connectivity index (χ2n) is 4.60. The van der Waals surface area contributed by atoms with E-state index in [1.54, 1.807) is 0 Å². The van der Waals surface area contributed by atoms with Crippen molar-refractivity contribution in [2.75, 3.05) is 30.3 Å². The number of halogens is 1. The standard InChI is InChI=1S/C11H15ClN2O4S2/c12-10-3-2-9(13)8-11(10)20(17,18)14-4-1-6-19(15,16)7-5-14/h2-3,8H,1,4-7,13H2. The molecule has 0 saturated carbocycles. The molecule has 1 aromatic rings. The Kier molecular flexibility index (Phi) is 4.29. The predicted octanol–water partition coefficient (Wildman–Crippen LogP) is 0.731. The van der Waals surface area contributed by atoms with Gasteiger partial charge in [0, 0.05) is 18.8 Å². The molecular formula is C11H15ClN2O4S2. The summed E-state index contributed by atoms with van der Waals surface area (Å²) in [6.45, 7) is 0.0997. The van der Waals surface area contributed by atoms with Gasteiger partial charge in [0.2, 0.25) is 10.0 Å². The molecule has 112 valence electrons. The Morgan fingerprint density at radius 2 is 1.90 bits per heavy atom. The molecule has 1 saturated heterocycles. The van der Waals surface area contributed by atoms with Crippen molar-refractivity contribution in [3.8, 4) is 0 Å². The number of rotatable bonds is 2. The zero-order valence-electron chi connectivity index (χ0n) is 10.6. The molecule has 2 rings (SSSR count). The van der Waals surface area contributed by atoms with Crippen LogP contribution in [0, 0.1) is 0 Å². The van der Waals surface area contributed by atoms with Crippen molar-refractivity contribution in [2.45, 2.75) is 11.3 Å². The van der Waals surface area contributed by atoms with Gasteiger partial charge in [0.1, 0.15) is 4.90 Å². The van der Waals surface area contributed by atoms with Crippen LogP contribution in [0.5, 0.6) is 0 Å². The number of hydrogen-bond acceptors (Lipinski definition) is 5. The van der Waals surface area contributed by atoms with E-state index in [0.717, 1.165) is 4.31 Å². The minimum Gasteiger partial charge on any atom is -0.399 e. The molecule has 20 heavy (non-hydrogen) atoms. The molecule has 0 spiro atoms. The minimum absolute atomic E-state index is 0.00365. The first-order chi connectivity index (χ1) is 9.22. The number of hydrogen-bond donors (Lipinski definition) is 1. The highest BCUT2D eigenvalue weighted by Gasteiger charge is 2.30. The normalized spacial score (nSPS) is 20.4. The second-order valence-corrected chi connectivity index (χ2v) is 9.22. The molecule has 0 aliphatic carbocycles. The van der Waals surface area contributed by atoms with Crippen LogP contribution in [0.15, 0.2) is 23.1 Å². The summed E-state index contributed by atoms with van der Waals surface area (Å²) in [5.74, 6) is -0.171. The number of benzene rings is 1. The van der Waals surface area contributed by atoms with E-state index >= 15 is 0 Å². The third-order valence-electron chi connectivity index (χ3n) is 3.09. The monoisotopic (exact) mass is 338 g/mol. The summed E-state index contributed by atoms with van der Waals surface area (Å²) >= 11 is 5.92. The van der Waals surface area contributed by atoms with Gasteiger partial charge in [-0.2, -0.15) is 4.31 Å². The number of nitrogens with two attached hydrogens (primary N) is 1. The second kappa shape index (κ2) is 5.51. The number of nitrogens with zero attached hydrogens (tertiary/aromatic N) is 1. The van der Waals surface area contributed by atoms with E-state index in [9.17, 15) is 16.8 Å². The Labute approximate surface area is 123 Å². The van der Waals surface area contributed by atoms with Crippen molar-refractivity contribution in [3.05, 3.63) is 23.2 Å². The zero-order valence-corrected chi connectivity index (χ0v) is 13.0. The SMILES string of the molecule is Nc1ccc(Cl)c(S(=O)(=O)N2CCCS(=O)(=O)CC2)c1. The van der Waals surface area contributed by atoms with Crippen LogP contribution in [0.1, 0.15) is 6.42 Å². The Bertz CT molecular complexity index is 716. The van der Waals surface area contributed by atoms with Crippen LogP contribution in [0.25, 0.3) is 0 Å². The van der Waals surface area contributed by atoms with Gasteiger partial charge < -0.3 is 5.73 Å². The van der Waals surface area contributed by atoms with Crippen molar-refractivity contribution >= 4 is 37.1 Å². The van der Waals surface area contributed by atoms with E-state index < -0.39 is 19.9 Å². The molecule has 1 fully saturated rings. The fourth-order valence-corrected chi connectivity index (χ4v) is 5.39. The molecule has 0 unspecified atom stereocenters. The molecule has 1 heterocycles. The molecule has 6 nitrogen and oxygen atoms in total. The lowest BCUT2D eigenvalue weighted by Crippen LogP contribution is -2.33. The maximum absolute atomic E-state index is 12.5. The van der Waals surface area contributed by atoms with Crippen molar-refractivity contribution in [1.82, 2.24) is 4.31 Å². The predicted molar refractivity (Wildman–Crippen MR) is 77.9 cm³/mol. The van der Waals surface area contributed by atoms with Crippen LogP contribution >= 0.6 is 11.6 Å². The lowest BCUT2D eigenvalue weighted by Gasteiger charge is -2.20. The summed E-state index contributed by atoms with van der Waals surface area (Å²) in [5.41, 5.74) is 5.88. The zero-order chi connectivity index (χ0) is 15.0. The van der Waals surface area contributed by atoms with Gasteiger partial charge in [0.25, 0.3) is 0 Å². The molecule has 0 atom stereocenters. The summed E-state index contributed by atoms with van der Waals surface area (Å²) in [7, 11) is -7.01. The largest absolute Gasteiger partial charge is 0.399 e. The highest BCUT2D eigenvalue weighted by molar-refractivity contribution is 7.91. The molecule has 0 aromatic heterocycles. The van der Waals surface area contributed by atoms with E-state index in [2.05, 4.69) is 0 Å². The van der Waals surface area contributed by atoms with Crippen LogP contribution in [0.4, 0.5) is 5.69 Å². The van der Waals surface area contributed by atoms with Crippen LogP contribution in [-0.4, -0.2) is 45.7 Å². The average Bonchev–Trinajstić information content (AvgIpc) is 2.53. The lowest BCUT2D eigenvalue weighted by molar-refractivity contribution is 0.435. The number of anilines is 1. The summed E-state index contributed by atoms with van der Waals surface area (Å²) in [5, 5.41) is 0.0753. The maximum atomic E-state index is 12.5. The van der Waals surface area contributed by atoms with Gasteiger partial charge in [-0.15, -0.1) is 0 Å². The topological polar surface area (TPSA) is 97.5 Å². The van der Waals surface area contributed by atoms with E-state index in [1.807, 2.05) is 0 Å². The van der Waals surface area contributed by atoms with E-state index in [1.165, 1.54) is 18.2 Å². The molecular weight excluding hydrogens is 324 g/mol. The number of sulfone groups is 1. The van der Waals surface area contributed by atoms with Gasteiger partial charge in [0.15, 0.2) is 9.84 Å². The van der Waals surface area contributed by atoms with E-state index in [4.69, 9.17) is 17.3 Å². The Morgan fingerprint density at radius 3 is 2.60 bits per heavy atom. The van der Waals surface area contributed by atoms with Crippen LogP contribution in [0.3, 0.4) is 0 Å². The molecule has 0 radical (unpaired) electrons. The average molecular weight is 339 g/mol. The van der Waals surface area contributed by atoms with Crippen molar-refractivity contribution in [1.29, 1.82) is 0 Å². The molecule has 2 N–H and O–H groups in total. The molecule has 1 aromatic carbocycles. The Hall–Kier alpha value is -0.830. The fourth-order valence-electron chi connectivity index (χ4n) is 2.01. The summed E-state index contributed by atoms with van der Waals surface area (Å²) < 4.78 is 49.2. The summed E-state index contributed by atoms with van der Waals surface area (Å²) in [6, 6.07) is 4.21. The molecule has 0 bridgehead atoms. The third kappa shape index (κ3) is 3.25. The highest BCUT2D eigenvalue weighted by Crippen LogP contribution is 2.27. The first-order valence-electron chi connectivity index (χ1n) is 5.98. The molecule has 9 heteroatoms. The number of sulfonamides is 1. The van der Waals surface area contributed by atoms with E-state index in [0.29, 0.717) is 0 Å². The van der Waals surface area contributed by atoms with Crippen LogP contribution in [0.2, 0.25) is 5.02 Å². The van der Waals surface area contributed by atoms with Crippen LogP contribution in [-0.2, 0) is 19.9 Å². The fraction of sp³-hybridized carbons (Fsp3) is 0.455. The number of nitrogen functional groups attached to an aromatic ring is 1. The van der Waals surface area contributed by atoms with Crippen molar-refractivity contribution in [3.63, 3.8) is 0 Å². The van der Waals surface area contributed by atoms with Gasteiger partial charge in [-0.05, 0) is 24.6 Å². The first kappa shape index (κ1) is 15.6. The highest BCUT2D eigenvalue weighted by atomic mass is 35.5. The van der Waals surface area contributed by atoms with Crippen molar-refractivity contribution in [2.24, 2.45) is 0 Å². The van der Waals surface area contributed by atoms with Gasteiger partial charge >= 0.3 is 0 Å². The van der Waals surface area contributed by atoms with Crippen molar-refractivity contribution < 1.29 is 16.8 Å². The third-order valence-corrected chi connectivity index (χ3v) is 7.18. The van der Waals surface area contributed by atoms with Gasteiger partial charge in [-0.25, -0.2) is 16.8 Å². The summed E-state index contributed by atoms with van der Waals surface area (Å²) in [4.78, 5) is -0.0848. The molecule has 0 amide bonds. The molecule has 1 aliphatic heterocycles. The van der Waals surface area contributed by atoms with Gasteiger partial charge in [-0.3, -0.25) is 0 Å². The minimum atomic E-state index is -3.83. The van der Waals surface area contributed by atoms with Gasteiger partial charge in [0.05, 0.1) is 16.5 Å². The smallest absolute Gasteiger partial charge is 0.244 e. The van der Waals surface area contributed by atoms with E-state index in [-0.39, 0.29) is 46.6 Å². The molecule has 1 aliphatic rings. The first-order valence-corrected chi connectivity index (χ1v) is 9.62. The lowest BCUT2D eigenvalue weighted by atomic mass is 10.3. The maximum Gasteiger partial charge on any atom is 0.244 e. The quantitative estimate of drug-likeness (QED) is 0.802. The Morgan fingerprint density at radius 1 is 1.20 bits per heavy atom. The van der Waals surface area contributed by atoms with Gasteiger partial charge in [-0.1, -0.05) is 11.6 Å². The van der Waals surface area contributed by atoms with Crippen LogP contribution < -0.4 is 5.73 Å². The Balaban J connectivity index is 2.37.